The van der Waals surface area contributed by atoms with Crippen molar-refractivity contribution in [1.29, 1.82) is 0 Å². The number of halogens is 1. The molecule has 3 rings (SSSR count). The first-order valence-electron chi connectivity index (χ1n) is 7.43. The van der Waals surface area contributed by atoms with Crippen molar-refractivity contribution < 1.29 is 18.7 Å². The van der Waals surface area contributed by atoms with Crippen molar-refractivity contribution in [3.05, 3.63) is 76.9 Å². The van der Waals surface area contributed by atoms with E-state index >= 15 is 0 Å². The Morgan fingerprint density at radius 2 is 1.72 bits per heavy atom. The summed E-state index contributed by atoms with van der Waals surface area (Å²) < 4.78 is 18.6. The number of carbonyl (C=O) groups excluding carboxylic acids is 2. The van der Waals surface area contributed by atoms with Gasteiger partial charge < -0.3 is 10.1 Å². The van der Waals surface area contributed by atoms with Crippen LogP contribution in [0.2, 0.25) is 0 Å². The van der Waals surface area contributed by atoms with Crippen LogP contribution in [-0.4, -0.2) is 19.0 Å². The number of ether oxygens (including phenoxy) is 1. The molecule has 0 saturated carbocycles. The van der Waals surface area contributed by atoms with Gasteiger partial charge in [0.1, 0.15) is 16.4 Å². The molecule has 1 heterocycles. The second-order valence-corrected chi connectivity index (χ2v) is 6.02. The Labute approximate surface area is 147 Å². The topological polar surface area (TPSA) is 55.4 Å². The van der Waals surface area contributed by atoms with E-state index in [2.05, 4.69) is 5.32 Å². The van der Waals surface area contributed by atoms with E-state index in [4.69, 9.17) is 4.74 Å². The molecule has 1 N–H and O–H groups in total. The summed E-state index contributed by atoms with van der Waals surface area (Å²) in [5.74, 6) is -1.81. The number of thiophene rings is 1. The lowest BCUT2D eigenvalue weighted by molar-refractivity contribution is 0.0603. The van der Waals surface area contributed by atoms with Crippen LogP contribution in [0.5, 0.6) is 0 Å². The van der Waals surface area contributed by atoms with Crippen LogP contribution in [-0.2, 0) is 4.74 Å². The zero-order valence-corrected chi connectivity index (χ0v) is 14.1. The summed E-state index contributed by atoms with van der Waals surface area (Å²) in [5, 5.41) is 4.69. The van der Waals surface area contributed by atoms with Gasteiger partial charge in [0.05, 0.1) is 12.7 Å². The molecule has 0 bridgehead atoms. The van der Waals surface area contributed by atoms with Gasteiger partial charge in [-0.05, 0) is 17.7 Å². The van der Waals surface area contributed by atoms with Gasteiger partial charge in [0.15, 0.2) is 0 Å². The minimum Gasteiger partial charge on any atom is -0.465 e. The van der Waals surface area contributed by atoms with Crippen LogP contribution < -0.4 is 5.32 Å². The van der Waals surface area contributed by atoms with Gasteiger partial charge in [-0.3, -0.25) is 4.79 Å². The maximum atomic E-state index is 13.8. The highest BCUT2D eigenvalue weighted by atomic mass is 32.1. The van der Waals surface area contributed by atoms with Crippen molar-refractivity contribution in [2.24, 2.45) is 0 Å². The normalized spacial score (nSPS) is 10.3. The largest absolute Gasteiger partial charge is 0.465 e. The molecule has 3 aromatic rings. The fourth-order valence-electron chi connectivity index (χ4n) is 2.40. The van der Waals surface area contributed by atoms with E-state index in [1.807, 2.05) is 30.3 Å². The summed E-state index contributed by atoms with van der Waals surface area (Å²) in [6, 6.07) is 15.0. The highest BCUT2D eigenvalue weighted by Gasteiger charge is 2.23. The number of methoxy groups -OCH3 is 1. The smallest absolute Gasteiger partial charge is 0.341 e. The third-order valence-electron chi connectivity index (χ3n) is 3.61. The van der Waals surface area contributed by atoms with Gasteiger partial charge in [-0.25, -0.2) is 9.18 Å². The third kappa shape index (κ3) is 3.44. The summed E-state index contributed by atoms with van der Waals surface area (Å²) >= 11 is 1.19. The van der Waals surface area contributed by atoms with Crippen LogP contribution in [0.4, 0.5) is 9.39 Å². The molecule has 0 aliphatic rings. The maximum Gasteiger partial charge on any atom is 0.341 e. The number of anilines is 1. The fraction of sp³-hybridized carbons (Fsp3) is 0.0526. The van der Waals surface area contributed by atoms with Gasteiger partial charge in [0, 0.05) is 10.9 Å². The Hall–Kier alpha value is -2.99. The molecular weight excluding hydrogens is 341 g/mol. The lowest BCUT2D eigenvalue weighted by Crippen LogP contribution is -2.15. The molecule has 0 fully saturated rings. The standard InChI is InChI=1S/C19H14FNO3S/c1-24-19(23)16-14(12-7-3-2-4-8-12)11-25-18(16)21-17(22)13-9-5-6-10-15(13)20/h2-11H,1H3,(H,21,22). The number of hydrogen-bond donors (Lipinski definition) is 1. The van der Waals surface area contributed by atoms with E-state index in [0.29, 0.717) is 10.6 Å². The number of rotatable bonds is 4. The highest BCUT2D eigenvalue weighted by molar-refractivity contribution is 7.15. The molecule has 0 spiro atoms. The summed E-state index contributed by atoms with van der Waals surface area (Å²) in [4.78, 5) is 24.6. The van der Waals surface area contributed by atoms with Crippen molar-refractivity contribution in [2.75, 3.05) is 12.4 Å². The SMILES string of the molecule is COC(=O)c1c(-c2ccccc2)csc1NC(=O)c1ccccc1F. The number of hydrogen-bond acceptors (Lipinski definition) is 4. The van der Waals surface area contributed by atoms with Crippen LogP contribution in [0.3, 0.4) is 0 Å². The monoisotopic (exact) mass is 355 g/mol. The second-order valence-electron chi connectivity index (χ2n) is 5.15. The molecule has 6 heteroatoms. The van der Waals surface area contributed by atoms with Gasteiger partial charge in [-0.2, -0.15) is 0 Å². The van der Waals surface area contributed by atoms with E-state index in [1.165, 1.54) is 36.6 Å². The van der Waals surface area contributed by atoms with Gasteiger partial charge in [-0.1, -0.05) is 42.5 Å². The van der Waals surface area contributed by atoms with Gasteiger partial charge >= 0.3 is 5.97 Å². The number of amides is 1. The molecule has 25 heavy (non-hydrogen) atoms. The Balaban J connectivity index is 2.00. The highest BCUT2D eigenvalue weighted by Crippen LogP contribution is 2.36. The van der Waals surface area contributed by atoms with E-state index in [1.54, 1.807) is 11.4 Å². The summed E-state index contributed by atoms with van der Waals surface area (Å²) in [6.07, 6.45) is 0. The molecule has 4 nitrogen and oxygen atoms in total. The van der Waals surface area contributed by atoms with Crippen LogP contribution in [0.25, 0.3) is 11.1 Å². The summed E-state index contributed by atoms with van der Waals surface area (Å²) in [6.45, 7) is 0. The van der Waals surface area contributed by atoms with Gasteiger partial charge in [0.25, 0.3) is 5.91 Å². The van der Waals surface area contributed by atoms with E-state index in [9.17, 15) is 14.0 Å². The quantitative estimate of drug-likeness (QED) is 0.696. The average Bonchev–Trinajstić information content (AvgIpc) is 3.05. The zero-order valence-electron chi connectivity index (χ0n) is 13.3. The Morgan fingerprint density at radius 1 is 1.04 bits per heavy atom. The number of benzene rings is 2. The number of esters is 1. The molecule has 1 amide bonds. The fourth-order valence-corrected chi connectivity index (χ4v) is 3.35. The lowest BCUT2D eigenvalue weighted by Gasteiger charge is -2.08. The first-order chi connectivity index (χ1) is 12.1. The second kappa shape index (κ2) is 7.27. The Kier molecular flexibility index (Phi) is 4.90. The number of carbonyl (C=O) groups is 2. The van der Waals surface area contributed by atoms with Crippen molar-refractivity contribution >= 4 is 28.2 Å². The van der Waals surface area contributed by atoms with E-state index in [0.717, 1.165) is 5.56 Å². The third-order valence-corrected chi connectivity index (χ3v) is 4.51. The van der Waals surface area contributed by atoms with Crippen molar-refractivity contribution in [2.45, 2.75) is 0 Å². The molecule has 1 aromatic heterocycles. The molecule has 0 unspecified atom stereocenters. The summed E-state index contributed by atoms with van der Waals surface area (Å²) in [5.41, 5.74) is 1.64. The van der Waals surface area contributed by atoms with Crippen LogP contribution in [0.1, 0.15) is 20.7 Å². The van der Waals surface area contributed by atoms with Crippen LogP contribution in [0, 0.1) is 5.82 Å². The molecule has 0 aliphatic heterocycles. The predicted molar refractivity (Wildman–Crippen MR) is 95.4 cm³/mol. The van der Waals surface area contributed by atoms with Gasteiger partial charge in [-0.15, -0.1) is 11.3 Å². The number of nitrogens with one attached hydrogen (secondary N) is 1. The summed E-state index contributed by atoms with van der Waals surface area (Å²) in [7, 11) is 1.28. The molecule has 0 saturated heterocycles. The Bertz CT molecular complexity index is 921. The maximum absolute atomic E-state index is 13.8. The van der Waals surface area contributed by atoms with E-state index < -0.39 is 17.7 Å². The van der Waals surface area contributed by atoms with Crippen LogP contribution in [0.15, 0.2) is 60.0 Å². The van der Waals surface area contributed by atoms with Crippen molar-refractivity contribution in [3.63, 3.8) is 0 Å². The molecule has 126 valence electrons. The first kappa shape index (κ1) is 16.9. The molecule has 0 aliphatic carbocycles. The van der Waals surface area contributed by atoms with Crippen molar-refractivity contribution in [3.8, 4) is 11.1 Å². The molecule has 0 atom stereocenters. The van der Waals surface area contributed by atoms with Gasteiger partial charge in [0.2, 0.25) is 0 Å². The average molecular weight is 355 g/mol. The van der Waals surface area contributed by atoms with Crippen LogP contribution >= 0.6 is 11.3 Å². The molecule has 0 radical (unpaired) electrons. The zero-order chi connectivity index (χ0) is 17.8. The predicted octanol–water partition coefficient (Wildman–Crippen LogP) is 4.59. The molecule has 2 aromatic carbocycles. The van der Waals surface area contributed by atoms with E-state index in [-0.39, 0.29) is 11.1 Å². The minimum absolute atomic E-state index is 0.0898. The Morgan fingerprint density at radius 3 is 2.40 bits per heavy atom. The molecular formula is C19H14FNO3S. The lowest BCUT2D eigenvalue weighted by atomic mass is 10.0. The minimum atomic E-state index is -0.626. The van der Waals surface area contributed by atoms with Crippen molar-refractivity contribution in [1.82, 2.24) is 0 Å². The first-order valence-corrected chi connectivity index (χ1v) is 8.31.